The SMILES string of the molecule is CCOc1cc(C=NN=C(N)N)c(Br)c(Br)c1OC. The molecule has 0 aromatic heterocycles. The summed E-state index contributed by atoms with van der Waals surface area (Å²) in [6.45, 7) is 2.41. The second-order valence-corrected chi connectivity index (χ2v) is 4.91. The molecular formula is C11H14Br2N4O2. The third kappa shape index (κ3) is 4.10. The maximum atomic E-state index is 5.51. The Morgan fingerprint density at radius 1 is 1.37 bits per heavy atom. The van der Waals surface area contributed by atoms with E-state index in [4.69, 9.17) is 20.9 Å². The summed E-state index contributed by atoms with van der Waals surface area (Å²) in [5.74, 6) is 1.10. The van der Waals surface area contributed by atoms with Gasteiger partial charge in [0.05, 0.1) is 24.4 Å². The summed E-state index contributed by atoms with van der Waals surface area (Å²) in [6.07, 6.45) is 1.51. The first-order chi connectivity index (χ1) is 9.01. The van der Waals surface area contributed by atoms with Gasteiger partial charge in [-0.25, -0.2) is 0 Å². The van der Waals surface area contributed by atoms with Gasteiger partial charge in [-0.3, -0.25) is 0 Å². The Hall–Kier alpha value is -1.28. The first kappa shape index (κ1) is 15.8. The molecule has 1 aromatic rings. The largest absolute Gasteiger partial charge is 0.492 e. The van der Waals surface area contributed by atoms with Crippen LogP contribution in [0.25, 0.3) is 0 Å². The lowest BCUT2D eigenvalue weighted by Crippen LogP contribution is -2.21. The van der Waals surface area contributed by atoms with Crippen LogP contribution in [-0.4, -0.2) is 25.9 Å². The van der Waals surface area contributed by atoms with Gasteiger partial charge in [0.25, 0.3) is 0 Å². The highest BCUT2D eigenvalue weighted by molar-refractivity contribution is 9.13. The molecule has 8 heteroatoms. The number of guanidine groups is 1. The predicted octanol–water partition coefficient (Wildman–Crippen LogP) is 2.23. The van der Waals surface area contributed by atoms with Crippen molar-refractivity contribution in [1.29, 1.82) is 0 Å². The van der Waals surface area contributed by atoms with Crippen molar-refractivity contribution in [3.8, 4) is 11.5 Å². The molecule has 0 aliphatic rings. The van der Waals surface area contributed by atoms with E-state index < -0.39 is 0 Å². The zero-order chi connectivity index (χ0) is 14.4. The Morgan fingerprint density at radius 3 is 2.58 bits per heavy atom. The quantitative estimate of drug-likeness (QED) is 0.455. The molecule has 0 aliphatic heterocycles. The highest BCUT2D eigenvalue weighted by Gasteiger charge is 2.15. The zero-order valence-electron chi connectivity index (χ0n) is 10.5. The Balaban J connectivity index is 3.26. The van der Waals surface area contributed by atoms with Crippen molar-refractivity contribution >= 4 is 44.0 Å². The Morgan fingerprint density at radius 2 is 2.05 bits per heavy atom. The van der Waals surface area contributed by atoms with Gasteiger partial charge in [0.2, 0.25) is 5.96 Å². The molecule has 0 spiro atoms. The number of benzene rings is 1. The van der Waals surface area contributed by atoms with E-state index in [0.717, 1.165) is 14.5 Å². The van der Waals surface area contributed by atoms with Crippen LogP contribution in [-0.2, 0) is 0 Å². The molecule has 104 valence electrons. The summed E-state index contributed by atoms with van der Waals surface area (Å²) >= 11 is 6.87. The van der Waals surface area contributed by atoms with Crippen LogP contribution in [0.1, 0.15) is 12.5 Å². The van der Waals surface area contributed by atoms with Crippen molar-refractivity contribution in [2.75, 3.05) is 13.7 Å². The molecule has 0 saturated heterocycles. The summed E-state index contributed by atoms with van der Waals surface area (Å²) in [5, 5.41) is 7.31. The van der Waals surface area contributed by atoms with E-state index in [2.05, 4.69) is 42.1 Å². The molecule has 0 saturated carbocycles. The molecule has 0 bridgehead atoms. The number of ether oxygens (including phenoxy) is 2. The molecule has 0 atom stereocenters. The first-order valence-electron chi connectivity index (χ1n) is 5.32. The molecule has 4 N–H and O–H groups in total. The Labute approximate surface area is 128 Å². The van der Waals surface area contributed by atoms with Crippen LogP contribution in [0.15, 0.2) is 25.2 Å². The minimum absolute atomic E-state index is 0.106. The number of halogens is 2. The Kier molecular flexibility index (Phi) is 6.10. The van der Waals surface area contributed by atoms with E-state index in [1.54, 1.807) is 13.2 Å². The van der Waals surface area contributed by atoms with Gasteiger partial charge < -0.3 is 20.9 Å². The lowest BCUT2D eigenvalue weighted by atomic mass is 10.2. The average Bonchev–Trinajstić information content (AvgIpc) is 2.35. The predicted molar refractivity (Wildman–Crippen MR) is 83.0 cm³/mol. The second-order valence-electron chi connectivity index (χ2n) is 3.33. The smallest absolute Gasteiger partial charge is 0.211 e. The number of hydrogen-bond donors (Lipinski definition) is 2. The van der Waals surface area contributed by atoms with E-state index in [-0.39, 0.29) is 5.96 Å². The van der Waals surface area contributed by atoms with Gasteiger partial charge in [-0.2, -0.15) is 5.10 Å². The topological polar surface area (TPSA) is 95.2 Å². The van der Waals surface area contributed by atoms with Crippen LogP contribution in [0.5, 0.6) is 11.5 Å². The summed E-state index contributed by atoms with van der Waals surface area (Å²) in [5.41, 5.74) is 11.1. The summed E-state index contributed by atoms with van der Waals surface area (Å²) in [4.78, 5) is 0. The molecule has 0 radical (unpaired) electrons. The number of hydrogen-bond acceptors (Lipinski definition) is 4. The summed E-state index contributed by atoms with van der Waals surface area (Å²) in [7, 11) is 1.57. The van der Waals surface area contributed by atoms with Crippen LogP contribution >= 0.6 is 31.9 Å². The van der Waals surface area contributed by atoms with Gasteiger partial charge in [0, 0.05) is 10.0 Å². The van der Waals surface area contributed by atoms with Crippen LogP contribution in [0.4, 0.5) is 0 Å². The third-order valence-corrected chi connectivity index (χ3v) is 4.17. The van der Waals surface area contributed by atoms with E-state index in [9.17, 15) is 0 Å². The fourth-order valence-electron chi connectivity index (χ4n) is 1.31. The summed E-state index contributed by atoms with van der Waals surface area (Å²) in [6, 6.07) is 1.78. The Bertz CT molecular complexity index is 514. The second kappa shape index (κ2) is 7.34. The molecule has 0 aliphatic carbocycles. The molecule has 6 nitrogen and oxygen atoms in total. The summed E-state index contributed by atoms with van der Waals surface area (Å²) < 4.78 is 12.3. The maximum absolute atomic E-state index is 5.51. The molecule has 19 heavy (non-hydrogen) atoms. The van der Waals surface area contributed by atoms with Crippen molar-refractivity contribution in [2.24, 2.45) is 21.7 Å². The van der Waals surface area contributed by atoms with Gasteiger partial charge in [0.15, 0.2) is 11.5 Å². The standard InChI is InChI=1S/C11H14Br2N4O2/c1-3-19-7-4-6(5-16-17-11(14)15)8(12)9(13)10(7)18-2/h4-5H,3H2,1-2H3,(H4,14,15,17). The van der Waals surface area contributed by atoms with Crippen molar-refractivity contribution in [3.63, 3.8) is 0 Å². The van der Waals surface area contributed by atoms with E-state index in [0.29, 0.717) is 18.1 Å². The van der Waals surface area contributed by atoms with Gasteiger partial charge in [-0.05, 0) is 44.8 Å². The van der Waals surface area contributed by atoms with Crippen molar-refractivity contribution in [3.05, 3.63) is 20.6 Å². The van der Waals surface area contributed by atoms with Gasteiger partial charge >= 0.3 is 0 Å². The molecule has 1 aromatic carbocycles. The monoisotopic (exact) mass is 392 g/mol. The van der Waals surface area contributed by atoms with Crippen molar-refractivity contribution in [1.82, 2.24) is 0 Å². The molecule has 1 rings (SSSR count). The molecule has 0 heterocycles. The number of methoxy groups -OCH3 is 1. The first-order valence-corrected chi connectivity index (χ1v) is 6.90. The number of nitrogens with two attached hydrogens (primary N) is 2. The highest BCUT2D eigenvalue weighted by Crippen LogP contribution is 2.42. The fourth-order valence-corrected chi connectivity index (χ4v) is 2.29. The molecule has 0 unspecified atom stereocenters. The fraction of sp³-hybridized carbons (Fsp3) is 0.273. The van der Waals surface area contributed by atoms with E-state index in [1.165, 1.54) is 6.21 Å². The van der Waals surface area contributed by atoms with Gasteiger partial charge in [0.1, 0.15) is 0 Å². The lowest BCUT2D eigenvalue weighted by molar-refractivity contribution is 0.309. The van der Waals surface area contributed by atoms with Gasteiger partial charge in [-0.1, -0.05) is 0 Å². The minimum atomic E-state index is -0.106. The number of nitrogens with zero attached hydrogens (tertiary/aromatic N) is 2. The minimum Gasteiger partial charge on any atom is -0.492 e. The normalized spacial score (nSPS) is 10.5. The van der Waals surface area contributed by atoms with E-state index >= 15 is 0 Å². The molecule has 0 fully saturated rings. The molecular weight excluding hydrogens is 380 g/mol. The zero-order valence-corrected chi connectivity index (χ0v) is 13.7. The average molecular weight is 394 g/mol. The van der Waals surface area contributed by atoms with Crippen LogP contribution < -0.4 is 20.9 Å². The third-order valence-electron chi connectivity index (χ3n) is 2.03. The van der Waals surface area contributed by atoms with Crippen LogP contribution in [0, 0.1) is 0 Å². The van der Waals surface area contributed by atoms with Crippen molar-refractivity contribution < 1.29 is 9.47 Å². The van der Waals surface area contributed by atoms with Crippen molar-refractivity contribution in [2.45, 2.75) is 6.92 Å². The lowest BCUT2D eigenvalue weighted by Gasteiger charge is -2.13. The van der Waals surface area contributed by atoms with Gasteiger partial charge in [-0.15, -0.1) is 5.10 Å². The highest BCUT2D eigenvalue weighted by atomic mass is 79.9. The van der Waals surface area contributed by atoms with Crippen LogP contribution in [0.3, 0.4) is 0 Å². The van der Waals surface area contributed by atoms with E-state index in [1.807, 2.05) is 6.92 Å². The molecule has 0 amide bonds. The number of rotatable bonds is 5. The maximum Gasteiger partial charge on any atom is 0.211 e. The van der Waals surface area contributed by atoms with Crippen LogP contribution in [0.2, 0.25) is 0 Å².